The standard InChI is InChI=1S/C15H27NO4S/c1-4-16-12-5-6-13(11(12)2)21(18,19)10-15(7-8-15)9-14(17)20-3/h11-13,16H,4-10H2,1-3H3. The maximum atomic E-state index is 12.7. The van der Waals surface area contributed by atoms with E-state index in [1.165, 1.54) is 7.11 Å². The summed E-state index contributed by atoms with van der Waals surface area (Å²) in [5, 5.41) is 3.11. The van der Waals surface area contributed by atoms with Crippen LogP contribution in [-0.2, 0) is 19.4 Å². The molecule has 0 aromatic rings. The molecule has 6 heteroatoms. The van der Waals surface area contributed by atoms with Crippen LogP contribution in [0.15, 0.2) is 0 Å². The highest BCUT2D eigenvalue weighted by atomic mass is 32.2. The van der Waals surface area contributed by atoms with Crippen molar-refractivity contribution in [2.24, 2.45) is 11.3 Å². The van der Waals surface area contributed by atoms with E-state index in [-0.39, 0.29) is 34.7 Å². The number of carbonyl (C=O) groups excluding carboxylic acids is 1. The van der Waals surface area contributed by atoms with Crippen molar-refractivity contribution in [2.75, 3.05) is 19.4 Å². The highest BCUT2D eigenvalue weighted by Gasteiger charge is 2.51. The molecular weight excluding hydrogens is 290 g/mol. The van der Waals surface area contributed by atoms with Crippen molar-refractivity contribution in [3.8, 4) is 0 Å². The van der Waals surface area contributed by atoms with E-state index in [0.717, 1.165) is 32.2 Å². The maximum Gasteiger partial charge on any atom is 0.306 e. The van der Waals surface area contributed by atoms with Crippen LogP contribution < -0.4 is 5.32 Å². The molecule has 0 aromatic heterocycles. The number of nitrogens with one attached hydrogen (secondary N) is 1. The largest absolute Gasteiger partial charge is 0.469 e. The quantitative estimate of drug-likeness (QED) is 0.721. The molecule has 0 radical (unpaired) electrons. The lowest BCUT2D eigenvalue weighted by molar-refractivity contribution is -0.141. The Morgan fingerprint density at radius 2 is 2.00 bits per heavy atom. The van der Waals surface area contributed by atoms with Crippen molar-refractivity contribution >= 4 is 15.8 Å². The van der Waals surface area contributed by atoms with E-state index in [9.17, 15) is 13.2 Å². The topological polar surface area (TPSA) is 72.5 Å². The van der Waals surface area contributed by atoms with Gasteiger partial charge in [-0.25, -0.2) is 8.42 Å². The first-order valence-corrected chi connectivity index (χ1v) is 9.57. The zero-order chi connectivity index (χ0) is 15.7. The molecule has 0 heterocycles. The van der Waals surface area contributed by atoms with E-state index in [1.807, 2.05) is 13.8 Å². The third kappa shape index (κ3) is 3.77. The first kappa shape index (κ1) is 16.7. The molecule has 0 aromatic carbocycles. The number of hydrogen-bond donors (Lipinski definition) is 1. The normalized spacial score (nSPS) is 31.1. The van der Waals surface area contributed by atoms with Crippen LogP contribution in [0.1, 0.15) is 46.0 Å². The van der Waals surface area contributed by atoms with Gasteiger partial charge in [-0.1, -0.05) is 13.8 Å². The summed E-state index contributed by atoms with van der Waals surface area (Å²) >= 11 is 0. The second kappa shape index (κ2) is 6.24. The van der Waals surface area contributed by atoms with Gasteiger partial charge in [0.1, 0.15) is 0 Å². The number of sulfone groups is 1. The van der Waals surface area contributed by atoms with Crippen LogP contribution in [0.4, 0.5) is 0 Å². The maximum absolute atomic E-state index is 12.7. The molecule has 0 spiro atoms. The number of hydrogen-bond acceptors (Lipinski definition) is 5. The van der Waals surface area contributed by atoms with E-state index < -0.39 is 9.84 Å². The van der Waals surface area contributed by atoms with Crippen molar-refractivity contribution < 1.29 is 17.9 Å². The third-order valence-corrected chi connectivity index (χ3v) is 7.72. The fraction of sp³-hybridized carbons (Fsp3) is 0.933. The first-order chi connectivity index (χ1) is 9.83. The van der Waals surface area contributed by atoms with Gasteiger partial charge in [-0.05, 0) is 43.6 Å². The molecular formula is C15H27NO4S. The molecule has 3 atom stereocenters. The number of methoxy groups -OCH3 is 1. The molecule has 5 nitrogen and oxygen atoms in total. The molecule has 2 fully saturated rings. The highest BCUT2D eigenvalue weighted by molar-refractivity contribution is 7.92. The Balaban J connectivity index is 2.01. The second-order valence-electron chi connectivity index (χ2n) is 6.70. The minimum absolute atomic E-state index is 0.142. The van der Waals surface area contributed by atoms with Crippen molar-refractivity contribution in [3.63, 3.8) is 0 Å². The Kier molecular flexibility index (Phi) is 4.98. The van der Waals surface area contributed by atoms with Crippen LogP contribution in [0, 0.1) is 11.3 Å². The Morgan fingerprint density at radius 3 is 2.52 bits per heavy atom. The van der Waals surface area contributed by atoms with Gasteiger partial charge < -0.3 is 10.1 Å². The lowest BCUT2D eigenvalue weighted by Gasteiger charge is -2.23. The molecule has 2 saturated carbocycles. The van der Waals surface area contributed by atoms with Crippen LogP contribution >= 0.6 is 0 Å². The lowest BCUT2D eigenvalue weighted by atomic mass is 10.1. The Bertz CT molecular complexity index is 484. The highest BCUT2D eigenvalue weighted by Crippen LogP contribution is 2.51. The van der Waals surface area contributed by atoms with Gasteiger partial charge in [0.25, 0.3) is 0 Å². The zero-order valence-electron chi connectivity index (χ0n) is 13.2. The van der Waals surface area contributed by atoms with Crippen molar-refractivity contribution in [1.82, 2.24) is 5.32 Å². The molecule has 2 rings (SSSR count). The zero-order valence-corrected chi connectivity index (χ0v) is 14.0. The van der Waals surface area contributed by atoms with Crippen molar-refractivity contribution in [1.29, 1.82) is 0 Å². The summed E-state index contributed by atoms with van der Waals surface area (Å²) in [7, 11) is -1.80. The van der Waals surface area contributed by atoms with Gasteiger partial charge in [-0.3, -0.25) is 4.79 Å². The number of carbonyl (C=O) groups is 1. The van der Waals surface area contributed by atoms with Gasteiger partial charge in [-0.15, -0.1) is 0 Å². The second-order valence-corrected chi connectivity index (χ2v) is 8.92. The summed E-state index contributed by atoms with van der Waals surface area (Å²) in [6.07, 6.45) is 3.52. The Hall–Kier alpha value is -0.620. The number of rotatable bonds is 7. The molecule has 1 N–H and O–H groups in total. The van der Waals surface area contributed by atoms with Gasteiger partial charge in [0.15, 0.2) is 9.84 Å². The van der Waals surface area contributed by atoms with E-state index >= 15 is 0 Å². The SMILES string of the molecule is CCNC1CCC(S(=O)(=O)CC2(CC(=O)OC)CC2)C1C. The van der Waals surface area contributed by atoms with Gasteiger partial charge in [0.05, 0.1) is 24.5 Å². The van der Waals surface area contributed by atoms with Gasteiger partial charge >= 0.3 is 5.97 Å². The summed E-state index contributed by atoms with van der Waals surface area (Å²) in [5.74, 6) is -0.0141. The molecule has 3 unspecified atom stereocenters. The van der Waals surface area contributed by atoms with E-state index in [4.69, 9.17) is 4.74 Å². The van der Waals surface area contributed by atoms with Crippen LogP contribution in [-0.4, -0.2) is 45.1 Å². The smallest absolute Gasteiger partial charge is 0.306 e. The molecule has 0 amide bonds. The first-order valence-electron chi connectivity index (χ1n) is 7.85. The summed E-state index contributed by atoms with van der Waals surface area (Å²) in [5.41, 5.74) is -0.345. The van der Waals surface area contributed by atoms with Crippen molar-refractivity contribution in [3.05, 3.63) is 0 Å². The summed E-state index contributed by atoms with van der Waals surface area (Å²) in [6, 6.07) is 0.297. The predicted octanol–water partition coefficient (Wildman–Crippen LogP) is 1.52. The lowest BCUT2D eigenvalue weighted by Crippen LogP contribution is -2.38. The van der Waals surface area contributed by atoms with Crippen LogP contribution in [0.2, 0.25) is 0 Å². The summed E-state index contributed by atoms with van der Waals surface area (Å²) in [6.45, 7) is 4.95. The molecule has 0 bridgehead atoms. The summed E-state index contributed by atoms with van der Waals surface area (Å²) < 4.78 is 30.2. The summed E-state index contributed by atoms with van der Waals surface area (Å²) in [4.78, 5) is 11.4. The average Bonchev–Trinajstić information content (AvgIpc) is 3.04. The van der Waals surface area contributed by atoms with E-state index in [0.29, 0.717) is 6.04 Å². The molecule has 2 aliphatic rings. The molecule has 122 valence electrons. The molecule has 0 aliphatic heterocycles. The molecule has 0 saturated heterocycles. The van der Waals surface area contributed by atoms with Crippen LogP contribution in [0.3, 0.4) is 0 Å². The monoisotopic (exact) mass is 317 g/mol. The molecule has 2 aliphatic carbocycles. The van der Waals surface area contributed by atoms with Gasteiger partial charge in [0, 0.05) is 6.04 Å². The third-order valence-electron chi connectivity index (χ3n) is 5.12. The van der Waals surface area contributed by atoms with E-state index in [2.05, 4.69) is 5.32 Å². The van der Waals surface area contributed by atoms with E-state index in [1.54, 1.807) is 0 Å². The molecule has 21 heavy (non-hydrogen) atoms. The van der Waals surface area contributed by atoms with Crippen LogP contribution in [0.25, 0.3) is 0 Å². The van der Waals surface area contributed by atoms with Crippen molar-refractivity contribution in [2.45, 2.75) is 57.2 Å². The fourth-order valence-corrected chi connectivity index (χ4v) is 6.44. The minimum Gasteiger partial charge on any atom is -0.469 e. The number of esters is 1. The Morgan fingerprint density at radius 1 is 1.33 bits per heavy atom. The number of ether oxygens (including phenoxy) is 1. The average molecular weight is 317 g/mol. The van der Waals surface area contributed by atoms with Gasteiger partial charge in [0.2, 0.25) is 0 Å². The Labute approximate surface area is 127 Å². The fourth-order valence-electron chi connectivity index (χ4n) is 3.65. The van der Waals surface area contributed by atoms with Crippen LogP contribution in [0.5, 0.6) is 0 Å². The van der Waals surface area contributed by atoms with Gasteiger partial charge in [-0.2, -0.15) is 0 Å². The minimum atomic E-state index is -3.16. The predicted molar refractivity (Wildman–Crippen MR) is 81.7 cm³/mol.